The molecule has 2 heterocycles. The molecule has 0 amide bonds. The fourth-order valence-electron chi connectivity index (χ4n) is 1.93. The molecule has 4 nitrogen and oxygen atoms in total. The molecule has 0 spiro atoms. The number of aryl methyl sites for hydroxylation is 2. The summed E-state index contributed by atoms with van der Waals surface area (Å²) >= 11 is 0. The second kappa shape index (κ2) is 4.22. The van der Waals surface area contributed by atoms with Crippen LogP contribution in [0.5, 0.6) is 0 Å². The van der Waals surface area contributed by atoms with Crippen LogP contribution in [0, 0.1) is 13.8 Å². The van der Waals surface area contributed by atoms with Crippen LogP contribution in [0.3, 0.4) is 0 Å². The summed E-state index contributed by atoms with van der Waals surface area (Å²) < 4.78 is 2.03. The molecule has 0 unspecified atom stereocenters. The Hall–Kier alpha value is -2.23. The smallest absolute Gasteiger partial charge is 0.197 e. The van der Waals surface area contributed by atoms with Crippen LogP contribution in [0.2, 0.25) is 0 Å². The molecule has 0 bridgehead atoms. The van der Waals surface area contributed by atoms with Crippen LogP contribution in [0.15, 0.2) is 36.7 Å². The Bertz CT molecular complexity index is 686. The second-order valence-electron chi connectivity index (χ2n) is 4.40. The van der Waals surface area contributed by atoms with Gasteiger partial charge in [0.15, 0.2) is 11.3 Å². The molecule has 3 aromatic rings. The molecule has 18 heavy (non-hydrogen) atoms. The third-order valence-corrected chi connectivity index (χ3v) is 3.06. The number of imidazole rings is 1. The van der Waals surface area contributed by atoms with E-state index in [0.29, 0.717) is 5.65 Å². The van der Waals surface area contributed by atoms with Crippen molar-refractivity contribution in [1.82, 2.24) is 19.5 Å². The number of hydrogen-bond acceptors (Lipinski definition) is 3. The summed E-state index contributed by atoms with van der Waals surface area (Å²) in [6, 6.07) is 10.3. The fraction of sp³-hybridized carbons (Fsp3) is 0.214. The fourth-order valence-corrected chi connectivity index (χ4v) is 1.93. The molecule has 0 fully saturated rings. The number of benzene rings is 1. The second-order valence-corrected chi connectivity index (χ2v) is 4.40. The van der Waals surface area contributed by atoms with Gasteiger partial charge in [-0.3, -0.25) is 0 Å². The van der Waals surface area contributed by atoms with E-state index in [0.717, 1.165) is 23.6 Å². The van der Waals surface area contributed by atoms with Gasteiger partial charge in [-0.05, 0) is 19.4 Å². The van der Waals surface area contributed by atoms with E-state index in [9.17, 15) is 0 Å². The molecule has 0 atom stereocenters. The third kappa shape index (κ3) is 1.86. The molecule has 0 saturated heterocycles. The van der Waals surface area contributed by atoms with E-state index in [-0.39, 0.29) is 0 Å². The Balaban J connectivity index is 2.05. The lowest BCUT2D eigenvalue weighted by atomic mass is 10.2. The molecule has 0 aliphatic heterocycles. The molecule has 4 heteroatoms. The minimum absolute atomic E-state index is 0.717. The average molecular weight is 238 g/mol. The van der Waals surface area contributed by atoms with Gasteiger partial charge in [-0.1, -0.05) is 30.3 Å². The SMILES string of the molecule is Cc1nc2ncn(Cc3ccccc3)c2nc1C. The zero-order valence-electron chi connectivity index (χ0n) is 10.5. The van der Waals surface area contributed by atoms with Crippen molar-refractivity contribution in [2.45, 2.75) is 20.4 Å². The van der Waals surface area contributed by atoms with Crippen molar-refractivity contribution in [3.05, 3.63) is 53.6 Å². The highest BCUT2D eigenvalue weighted by Crippen LogP contribution is 2.12. The number of hydrogen-bond donors (Lipinski definition) is 0. The summed E-state index contributed by atoms with van der Waals surface area (Å²) in [5.74, 6) is 0. The van der Waals surface area contributed by atoms with E-state index in [1.54, 1.807) is 6.33 Å². The van der Waals surface area contributed by atoms with Gasteiger partial charge in [0.05, 0.1) is 24.3 Å². The number of rotatable bonds is 2. The standard InChI is InChI=1S/C14H14N4/c1-10-11(2)17-14-13(16-10)15-9-18(14)8-12-6-4-3-5-7-12/h3-7,9H,8H2,1-2H3. The molecule has 1 aromatic carbocycles. The van der Waals surface area contributed by atoms with Crippen molar-refractivity contribution >= 4 is 11.3 Å². The molecular formula is C14H14N4. The molecule has 0 N–H and O–H groups in total. The molecule has 3 rings (SSSR count). The maximum atomic E-state index is 4.57. The van der Waals surface area contributed by atoms with Gasteiger partial charge in [0.2, 0.25) is 0 Å². The minimum atomic E-state index is 0.717. The Labute approximate surface area is 105 Å². The van der Waals surface area contributed by atoms with Gasteiger partial charge in [-0.15, -0.1) is 0 Å². The average Bonchev–Trinajstić information content (AvgIpc) is 2.74. The molecule has 90 valence electrons. The van der Waals surface area contributed by atoms with E-state index in [1.807, 2.05) is 36.6 Å². The highest BCUT2D eigenvalue weighted by Gasteiger charge is 2.08. The minimum Gasteiger partial charge on any atom is -0.309 e. The quantitative estimate of drug-likeness (QED) is 0.689. The van der Waals surface area contributed by atoms with Crippen LogP contribution in [0.1, 0.15) is 17.0 Å². The van der Waals surface area contributed by atoms with Crippen LogP contribution in [0.25, 0.3) is 11.3 Å². The first-order valence-electron chi connectivity index (χ1n) is 5.94. The largest absolute Gasteiger partial charge is 0.309 e. The first kappa shape index (κ1) is 10.9. The first-order chi connectivity index (χ1) is 8.74. The van der Waals surface area contributed by atoms with Gasteiger partial charge in [0.25, 0.3) is 0 Å². The Morgan fingerprint density at radius 1 is 1.00 bits per heavy atom. The molecular weight excluding hydrogens is 224 g/mol. The lowest BCUT2D eigenvalue weighted by Gasteiger charge is -2.04. The van der Waals surface area contributed by atoms with Gasteiger partial charge >= 0.3 is 0 Å². The van der Waals surface area contributed by atoms with Crippen LogP contribution >= 0.6 is 0 Å². The van der Waals surface area contributed by atoms with E-state index in [1.165, 1.54) is 5.56 Å². The number of fused-ring (bicyclic) bond motifs is 1. The van der Waals surface area contributed by atoms with Crippen LogP contribution in [-0.2, 0) is 6.54 Å². The van der Waals surface area contributed by atoms with Crippen molar-refractivity contribution < 1.29 is 0 Å². The van der Waals surface area contributed by atoms with Crippen molar-refractivity contribution in [3.8, 4) is 0 Å². The van der Waals surface area contributed by atoms with Gasteiger partial charge < -0.3 is 4.57 Å². The van der Waals surface area contributed by atoms with E-state index in [2.05, 4.69) is 27.1 Å². The zero-order valence-corrected chi connectivity index (χ0v) is 10.5. The van der Waals surface area contributed by atoms with Crippen molar-refractivity contribution in [2.24, 2.45) is 0 Å². The summed E-state index contributed by atoms with van der Waals surface area (Å²) in [6.45, 7) is 4.70. The van der Waals surface area contributed by atoms with Gasteiger partial charge in [0, 0.05) is 0 Å². The number of nitrogens with zero attached hydrogens (tertiary/aromatic N) is 4. The number of aromatic nitrogens is 4. The molecule has 0 saturated carbocycles. The highest BCUT2D eigenvalue weighted by molar-refractivity contribution is 5.66. The summed E-state index contributed by atoms with van der Waals surface area (Å²) in [5.41, 5.74) is 4.69. The summed E-state index contributed by atoms with van der Waals surface area (Å²) in [7, 11) is 0. The maximum Gasteiger partial charge on any atom is 0.197 e. The monoisotopic (exact) mass is 238 g/mol. The normalized spacial score (nSPS) is 11.0. The summed E-state index contributed by atoms with van der Waals surface area (Å²) in [6.07, 6.45) is 1.80. The van der Waals surface area contributed by atoms with Crippen LogP contribution < -0.4 is 0 Å². The highest BCUT2D eigenvalue weighted by atomic mass is 15.1. The van der Waals surface area contributed by atoms with Gasteiger partial charge in [-0.25, -0.2) is 15.0 Å². The predicted molar refractivity (Wildman–Crippen MR) is 70.3 cm³/mol. The third-order valence-electron chi connectivity index (χ3n) is 3.06. The maximum absolute atomic E-state index is 4.57. The Kier molecular flexibility index (Phi) is 2.55. The van der Waals surface area contributed by atoms with Crippen molar-refractivity contribution in [1.29, 1.82) is 0 Å². The van der Waals surface area contributed by atoms with Gasteiger partial charge in [0.1, 0.15) is 0 Å². The lowest BCUT2D eigenvalue weighted by Crippen LogP contribution is -2.01. The Morgan fingerprint density at radius 2 is 1.72 bits per heavy atom. The molecule has 0 aliphatic carbocycles. The zero-order chi connectivity index (χ0) is 12.5. The molecule has 0 radical (unpaired) electrons. The Morgan fingerprint density at radius 3 is 2.50 bits per heavy atom. The molecule has 2 aromatic heterocycles. The van der Waals surface area contributed by atoms with Crippen molar-refractivity contribution in [3.63, 3.8) is 0 Å². The predicted octanol–water partition coefficient (Wildman–Crippen LogP) is 2.49. The topological polar surface area (TPSA) is 43.6 Å². The van der Waals surface area contributed by atoms with E-state index >= 15 is 0 Å². The summed E-state index contributed by atoms with van der Waals surface area (Å²) in [5, 5.41) is 0. The summed E-state index contributed by atoms with van der Waals surface area (Å²) in [4.78, 5) is 13.3. The van der Waals surface area contributed by atoms with E-state index < -0.39 is 0 Å². The van der Waals surface area contributed by atoms with Crippen LogP contribution in [-0.4, -0.2) is 19.5 Å². The van der Waals surface area contributed by atoms with Crippen molar-refractivity contribution in [2.75, 3.05) is 0 Å². The van der Waals surface area contributed by atoms with E-state index in [4.69, 9.17) is 0 Å². The van der Waals surface area contributed by atoms with Crippen LogP contribution in [0.4, 0.5) is 0 Å². The lowest BCUT2D eigenvalue weighted by molar-refractivity contribution is 0.811. The van der Waals surface area contributed by atoms with Gasteiger partial charge in [-0.2, -0.15) is 0 Å². The molecule has 0 aliphatic rings. The first-order valence-corrected chi connectivity index (χ1v) is 5.94.